The number of fused-ring (bicyclic) bond motifs is 1. The van der Waals surface area contributed by atoms with Gasteiger partial charge in [-0.1, -0.05) is 11.6 Å². The zero-order valence-electron chi connectivity index (χ0n) is 13.6. The van der Waals surface area contributed by atoms with Crippen LogP contribution < -0.4 is 16.4 Å². The van der Waals surface area contributed by atoms with E-state index in [0.29, 0.717) is 34.3 Å². The average Bonchev–Trinajstić information content (AvgIpc) is 3.01. The van der Waals surface area contributed by atoms with E-state index >= 15 is 0 Å². The van der Waals surface area contributed by atoms with Crippen LogP contribution in [0, 0.1) is 11.8 Å². The van der Waals surface area contributed by atoms with Crippen molar-refractivity contribution in [1.82, 2.24) is 15.0 Å². The van der Waals surface area contributed by atoms with E-state index in [1.54, 1.807) is 12.4 Å². The van der Waals surface area contributed by atoms with Gasteiger partial charge >= 0.3 is 0 Å². The molecule has 4 rings (SSSR count). The molecule has 0 bridgehead atoms. The van der Waals surface area contributed by atoms with Crippen molar-refractivity contribution in [3.8, 4) is 11.1 Å². The zero-order valence-corrected chi connectivity index (χ0v) is 14.4. The first kappa shape index (κ1) is 15.6. The second-order valence-electron chi connectivity index (χ2n) is 7.30. The molecule has 0 aromatic carbocycles. The van der Waals surface area contributed by atoms with Gasteiger partial charge in [0.1, 0.15) is 11.0 Å². The molecule has 0 spiro atoms. The van der Waals surface area contributed by atoms with Crippen molar-refractivity contribution in [2.75, 3.05) is 23.7 Å². The van der Waals surface area contributed by atoms with Crippen molar-refractivity contribution >= 4 is 23.4 Å². The minimum Gasteiger partial charge on any atom is -0.383 e. The van der Waals surface area contributed by atoms with Crippen LogP contribution in [-0.2, 0) is 0 Å². The van der Waals surface area contributed by atoms with Crippen LogP contribution in [0.3, 0.4) is 0 Å². The molecule has 2 unspecified atom stereocenters. The zero-order chi connectivity index (χ0) is 16.9. The van der Waals surface area contributed by atoms with Gasteiger partial charge in [-0.05, 0) is 43.7 Å². The highest BCUT2D eigenvalue weighted by atomic mass is 35.5. The first-order chi connectivity index (χ1) is 11.4. The number of nitrogens with two attached hydrogens (primary N) is 2. The second kappa shape index (κ2) is 5.57. The third-order valence-corrected chi connectivity index (χ3v) is 5.47. The van der Waals surface area contributed by atoms with Gasteiger partial charge in [0.2, 0.25) is 5.95 Å². The number of aromatic nitrogens is 3. The summed E-state index contributed by atoms with van der Waals surface area (Å²) in [6.45, 7) is 4.05. The topological polar surface area (TPSA) is 94.0 Å². The lowest BCUT2D eigenvalue weighted by molar-refractivity contribution is 0.449. The Kier molecular flexibility index (Phi) is 3.62. The summed E-state index contributed by atoms with van der Waals surface area (Å²) in [6.07, 6.45) is 5.51. The third kappa shape index (κ3) is 2.70. The van der Waals surface area contributed by atoms with Crippen molar-refractivity contribution in [3.63, 3.8) is 0 Å². The van der Waals surface area contributed by atoms with Crippen molar-refractivity contribution in [1.29, 1.82) is 0 Å². The van der Waals surface area contributed by atoms with E-state index in [1.807, 2.05) is 12.1 Å². The van der Waals surface area contributed by atoms with Gasteiger partial charge in [0.05, 0.1) is 0 Å². The van der Waals surface area contributed by atoms with Crippen LogP contribution in [0.2, 0.25) is 5.15 Å². The number of halogens is 1. The minimum absolute atomic E-state index is 0.0256. The quantitative estimate of drug-likeness (QED) is 0.812. The van der Waals surface area contributed by atoms with Gasteiger partial charge in [0.25, 0.3) is 0 Å². The molecule has 0 radical (unpaired) electrons. The first-order valence-corrected chi connectivity index (χ1v) is 8.58. The molecule has 126 valence electrons. The van der Waals surface area contributed by atoms with Gasteiger partial charge < -0.3 is 16.4 Å². The van der Waals surface area contributed by atoms with Crippen molar-refractivity contribution in [2.24, 2.45) is 17.6 Å². The minimum atomic E-state index is -0.0256. The predicted molar refractivity (Wildman–Crippen MR) is 95.7 cm³/mol. The summed E-state index contributed by atoms with van der Waals surface area (Å²) >= 11 is 6.14. The highest BCUT2D eigenvalue weighted by molar-refractivity contribution is 6.32. The monoisotopic (exact) mass is 344 g/mol. The smallest absolute Gasteiger partial charge is 0.227 e. The Labute approximate surface area is 146 Å². The molecule has 7 heteroatoms. The maximum Gasteiger partial charge on any atom is 0.227 e. The molecule has 0 amide bonds. The molecular weight excluding hydrogens is 324 g/mol. The van der Waals surface area contributed by atoms with Gasteiger partial charge in [-0.2, -0.15) is 4.98 Å². The van der Waals surface area contributed by atoms with E-state index in [0.717, 1.165) is 31.5 Å². The molecule has 6 nitrogen and oxygen atoms in total. The van der Waals surface area contributed by atoms with E-state index in [1.165, 1.54) is 0 Å². The summed E-state index contributed by atoms with van der Waals surface area (Å²) in [5, 5.41) is 0.401. The number of hydrogen-bond acceptors (Lipinski definition) is 6. The van der Waals surface area contributed by atoms with Crippen LogP contribution in [0.5, 0.6) is 0 Å². The number of nitrogen functional groups attached to an aromatic ring is 1. The molecule has 2 aliphatic rings. The van der Waals surface area contributed by atoms with E-state index in [4.69, 9.17) is 23.1 Å². The largest absolute Gasteiger partial charge is 0.383 e. The van der Waals surface area contributed by atoms with Crippen LogP contribution in [0.15, 0.2) is 24.5 Å². The first-order valence-electron chi connectivity index (χ1n) is 8.20. The summed E-state index contributed by atoms with van der Waals surface area (Å²) in [5.41, 5.74) is 13.9. The summed E-state index contributed by atoms with van der Waals surface area (Å²) in [6, 6.07) is 3.69. The highest BCUT2D eigenvalue weighted by Gasteiger charge is 2.45. The van der Waals surface area contributed by atoms with Crippen molar-refractivity contribution in [2.45, 2.75) is 25.3 Å². The third-order valence-electron chi connectivity index (χ3n) is 5.17. The maximum atomic E-state index is 6.29. The fourth-order valence-corrected chi connectivity index (χ4v) is 4.40. The lowest BCUT2D eigenvalue weighted by atomic mass is 10.00. The van der Waals surface area contributed by atoms with Crippen LogP contribution in [0.1, 0.15) is 19.8 Å². The Balaban J connectivity index is 1.57. The number of nitrogens with zero attached hydrogens (tertiary/aromatic N) is 4. The molecule has 1 saturated carbocycles. The Morgan fingerprint density at radius 2 is 1.92 bits per heavy atom. The van der Waals surface area contributed by atoms with Gasteiger partial charge in [-0.15, -0.1) is 0 Å². The number of rotatable bonds is 2. The highest BCUT2D eigenvalue weighted by Crippen LogP contribution is 2.43. The molecule has 1 saturated heterocycles. The van der Waals surface area contributed by atoms with Gasteiger partial charge in [0.15, 0.2) is 0 Å². The van der Waals surface area contributed by atoms with E-state index in [-0.39, 0.29) is 5.54 Å². The molecule has 2 aromatic rings. The normalized spacial score (nSPS) is 29.0. The Hall–Kier alpha value is -1.92. The van der Waals surface area contributed by atoms with Crippen molar-refractivity contribution in [3.05, 3.63) is 29.7 Å². The van der Waals surface area contributed by atoms with E-state index in [2.05, 4.69) is 26.8 Å². The summed E-state index contributed by atoms with van der Waals surface area (Å²) in [4.78, 5) is 15.3. The standard InChI is InChI=1S/C17H21ClN6/c1-17(20)5-10-8-24(9-11(10)6-17)16-22-7-13(15(19)23-16)12-3-2-4-21-14(12)18/h2-4,7,10-11H,5-6,8-9,20H2,1H3,(H2,19,22,23)/t10-,11?,17?/m1/s1. The predicted octanol–water partition coefficient (Wildman–Crippen LogP) is 2.34. The lowest BCUT2D eigenvalue weighted by Gasteiger charge is -2.23. The summed E-state index contributed by atoms with van der Waals surface area (Å²) in [7, 11) is 0. The molecule has 3 heterocycles. The van der Waals surface area contributed by atoms with Gasteiger partial charge in [0, 0.05) is 42.1 Å². The molecule has 1 aliphatic carbocycles. The van der Waals surface area contributed by atoms with Crippen LogP contribution in [0.25, 0.3) is 11.1 Å². The fraction of sp³-hybridized carbons (Fsp3) is 0.471. The molecular formula is C17H21ClN6. The molecule has 4 N–H and O–H groups in total. The average molecular weight is 345 g/mol. The van der Waals surface area contributed by atoms with E-state index < -0.39 is 0 Å². The van der Waals surface area contributed by atoms with Gasteiger partial charge in [-0.25, -0.2) is 9.97 Å². The number of hydrogen-bond donors (Lipinski definition) is 2. The number of pyridine rings is 1. The molecule has 3 atom stereocenters. The second-order valence-corrected chi connectivity index (χ2v) is 7.66. The summed E-state index contributed by atoms with van der Waals surface area (Å²) in [5.74, 6) is 2.36. The molecule has 2 fully saturated rings. The van der Waals surface area contributed by atoms with Crippen LogP contribution in [-0.4, -0.2) is 33.6 Å². The molecule has 2 aromatic heterocycles. The lowest BCUT2D eigenvalue weighted by Crippen LogP contribution is -2.35. The van der Waals surface area contributed by atoms with Crippen LogP contribution >= 0.6 is 11.6 Å². The maximum absolute atomic E-state index is 6.29. The number of anilines is 2. The summed E-state index contributed by atoms with van der Waals surface area (Å²) < 4.78 is 0. The fourth-order valence-electron chi connectivity index (χ4n) is 4.18. The van der Waals surface area contributed by atoms with Crippen LogP contribution in [0.4, 0.5) is 11.8 Å². The van der Waals surface area contributed by atoms with Crippen molar-refractivity contribution < 1.29 is 0 Å². The Bertz CT molecular complexity index is 761. The molecule has 1 aliphatic heterocycles. The van der Waals surface area contributed by atoms with Gasteiger partial charge in [-0.3, -0.25) is 0 Å². The SMILES string of the molecule is CC1(N)CC2CN(c3ncc(-c4cccnc4Cl)c(N)n3)C[C@H]2C1. The molecule has 24 heavy (non-hydrogen) atoms. The Morgan fingerprint density at radius 3 is 2.54 bits per heavy atom. The Morgan fingerprint density at radius 1 is 1.21 bits per heavy atom. The van der Waals surface area contributed by atoms with E-state index in [9.17, 15) is 0 Å².